The molecule has 0 bridgehead atoms. The topological polar surface area (TPSA) is 50.7 Å². The van der Waals surface area contributed by atoms with Gasteiger partial charge in [-0.2, -0.15) is 0 Å². The van der Waals surface area contributed by atoms with Crippen molar-refractivity contribution in [2.75, 3.05) is 38.5 Å². The molecule has 4 nitrogen and oxygen atoms in total. The Labute approximate surface area is 118 Å². The van der Waals surface area contributed by atoms with E-state index in [1.165, 1.54) is 7.11 Å². The van der Waals surface area contributed by atoms with E-state index in [1.807, 2.05) is 16.9 Å². The number of unbranched alkanes of at least 4 members (excludes halogenated alkanes) is 1. The molecule has 0 rings (SSSR count). The summed E-state index contributed by atoms with van der Waals surface area (Å²) in [6, 6.07) is 0. The molecule has 1 atom stereocenters. The van der Waals surface area contributed by atoms with Crippen molar-refractivity contribution in [2.24, 2.45) is 0 Å². The highest BCUT2D eigenvalue weighted by atomic mass is 33.1. The van der Waals surface area contributed by atoms with Gasteiger partial charge in [0, 0.05) is 32.6 Å². The number of aliphatic hydroxyl groups is 1. The molecule has 0 saturated heterocycles. The number of methoxy groups -OCH3 is 1. The molecule has 0 aliphatic rings. The number of hydrogen-bond donors (Lipinski definition) is 2. The molecule has 6 heteroatoms. The normalized spacial score (nSPS) is 12.6. The second kappa shape index (κ2) is 15.3. The van der Waals surface area contributed by atoms with E-state index in [0.717, 1.165) is 44.2 Å². The number of rotatable bonds is 14. The van der Waals surface area contributed by atoms with E-state index in [2.05, 4.69) is 11.9 Å². The molecule has 0 spiro atoms. The monoisotopic (exact) mass is 295 g/mol. The molecule has 0 aromatic carbocycles. The minimum atomic E-state index is -0.627. The van der Waals surface area contributed by atoms with Crippen LogP contribution in [0.4, 0.5) is 0 Å². The van der Waals surface area contributed by atoms with Gasteiger partial charge in [-0.05, 0) is 19.3 Å². The highest BCUT2D eigenvalue weighted by Gasteiger charge is 1.99. The van der Waals surface area contributed by atoms with Gasteiger partial charge in [0.1, 0.15) is 5.94 Å². The first-order valence-corrected chi connectivity index (χ1v) is 8.64. The van der Waals surface area contributed by atoms with Gasteiger partial charge in [0.15, 0.2) is 6.29 Å². The standard InChI is InChI=1S/C12H25NO3S2/c1-3-7-13-8-10-17-18-11-16-9-5-4-6-12(14)15-2/h3,12-14H,1,4-11H2,2H3. The number of aliphatic hydroxyl groups excluding tert-OH is 1. The zero-order chi connectivity index (χ0) is 13.5. The molecule has 0 aromatic heterocycles. The first-order valence-electron chi connectivity index (χ1n) is 6.16. The minimum Gasteiger partial charge on any atom is -0.370 e. The summed E-state index contributed by atoms with van der Waals surface area (Å²) in [6.45, 7) is 6.26. The zero-order valence-corrected chi connectivity index (χ0v) is 12.7. The van der Waals surface area contributed by atoms with E-state index in [0.29, 0.717) is 6.42 Å². The maximum atomic E-state index is 9.14. The van der Waals surface area contributed by atoms with Gasteiger partial charge in [0.25, 0.3) is 0 Å². The van der Waals surface area contributed by atoms with Gasteiger partial charge < -0.3 is 19.9 Å². The van der Waals surface area contributed by atoms with Crippen LogP contribution in [-0.4, -0.2) is 49.9 Å². The first-order chi connectivity index (χ1) is 8.81. The first kappa shape index (κ1) is 18.3. The lowest BCUT2D eigenvalue weighted by Gasteiger charge is -2.07. The maximum absolute atomic E-state index is 9.14. The molecule has 1 unspecified atom stereocenters. The van der Waals surface area contributed by atoms with Crippen LogP contribution in [0.25, 0.3) is 0 Å². The van der Waals surface area contributed by atoms with E-state index in [1.54, 1.807) is 10.8 Å². The molecule has 0 heterocycles. The van der Waals surface area contributed by atoms with Crippen LogP contribution in [0.5, 0.6) is 0 Å². The molecule has 0 aromatic rings. The van der Waals surface area contributed by atoms with E-state index in [-0.39, 0.29) is 0 Å². The predicted molar refractivity (Wildman–Crippen MR) is 80.8 cm³/mol. The van der Waals surface area contributed by atoms with Gasteiger partial charge in [0.05, 0.1) is 0 Å². The lowest BCUT2D eigenvalue weighted by atomic mass is 10.2. The average Bonchev–Trinajstić information content (AvgIpc) is 2.39. The van der Waals surface area contributed by atoms with Crippen molar-refractivity contribution in [3.05, 3.63) is 12.7 Å². The molecule has 108 valence electrons. The fourth-order valence-corrected chi connectivity index (χ4v) is 2.76. The Morgan fingerprint density at radius 2 is 2.22 bits per heavy atom. The highest BCUT2D eigenvalue weighted by Crippen LogP contribution is 2.20. The van der Waals surface area contributed by atoms with E-state index < -0.39 is 6.29 Å². The van der Waals surface area contributed by atoms with Crippen LogP contribution in [0.2, 0.25) is 0 Å². The minimum absolute atomic E-state index is 0.627. The fourth-order valence-electron chi connectivity index (χ4n) is 1.14. The van der Waals surface area contributed by atoms with Crippen molar-refractivity contribution < 1.29 is 14.6 Å². The van der Waals surface area contributed by atoms with Crippen molar-refractivity contribution in [2.45, 2.75) is 25.6 Å². The van der Waals surface area contributed by atoms with Crippen LogP contribution in [0.3, 0.4) is 0 Å². The largest absolute Gasteiger partial charge is 0.370 e. The lowest BCUT2D eigenvalue weighted by Crippen LogP contribution is -2.16. The molecule has 0 fully saturated rings. The third-order valence-electron chi connectivity index (χ3n) is 2.13. The van der Waals surface area contributed by atoms with Crippen LogP contribution >= 0.6 is 21.6 Å². The Hall–Kier alpha value is 0.280. The third kappa shape index (κ3) is 14.3. The second-order valence-electron chi connectivity index (χ2n) is 3.64. The Kier molecular flexibility index (Phi) is 15.6. The quantitative estimate of drug-likeness (QED) is 0.222. The lowest BCUT2D eigenvalue weighted by molar-refractivity contribution is -0.0797. The van der Waals surface area contributed by atoms with Gasteiger partial charge in [-0.15, -0.1) is 6.58 Å². The predicted octanol–water partition coefficient (Wildman–Crippen LogP) is 2.25. The van der Waals surface area contributed by atoms with Gasteiger partial charge in [-0.25, -0.2) is 0 Å². The summed E-state index contributed by atoms with van der Waals surface area (Å²) < 4.78 is 10.2. The Morgan fingerprint density at radius 3 is 2.94 bits per heavy atom. The maximum Gasteiger partial charge on any atom is 0.154 e. The number of nitrogens with one attached hydrogen (secondary N) is 1. The molecule has 0 amide bonds. The number of ether oxygens (including phenoxy) is 2. The third-order valence-corrected chi connectivity index (χ3v) is 4.22. The Bertz CT molecular complexity index is 185. The Morgan fingerprint density at radius 1 is 1.39 bits per heavy atom. The second-order valence-corrected chi connectivity index (χ2v) is 6.17. The van der Waals surface area contributed by atoms with Crippen LogP contribution in [-0.2, 0) is 9.47 Å². The highest BCUT2D eigenvalue weighted by molar-refractivity contribution is 8.76. The zero-order valence-electron chi connectivity index (χ0n) is 11.1. The molecular formula is C12H25NO3S2. The molecule has 18 heavy (non-hydrogen) atoms. The summed E-state index contributed by atoms with van der Waals surface area (Å²) >= 11 is 0. The van der Waals surface area contributed by atoms with Gasteiger partial charge in [0.2, 0.25) is 0 Å². The SMILES string of the molecule is C=CCNCCSSCOCCCCC(O)OC. The van der Waals surface area contributed by atoms with E-state index >= 15 is 0 Å². The molecule has 0 aliphatic carbocycles. The molecule has 0 radical (unpaired) electrons. The van der Waals surface area contributed by atoms with E-state index in [9.17, 15) is 0 Å². The van der Waals surface area contributed by atoms with Crippen molar-refractivity contribution in [1.29, 1.82) is 0 Å². The van der Waals surface area contributed by atoms with Gasteiger partial charge >= 0.3 is 0 Å². The summed E-state index contributed by atoms with van der Waals surface area (Å²) in [5.74, 6) is 1.79. The number of hydrogen-bond acceptors (Lipinski definition) is 6. The summed E-state index contributed by atoms with van der Waals surface area (Å²) in [6.07, 6.45) is 3.81. The molecule has 0 saturated carbocycles. The van der Waals surface area contributed by atoms with Crippen molar-refractivity contribution in [3.8, 4) is 0 Å². The van der Waals surface area contributed by atoms with E-state index in [4.69, 9.17) is 14.6 Å². The summed E-state index contributed by atoms with van der Waals surface area (Å²) in [5, 5.41) is 12.4. The van der Waals surface area contributed by atoms with Crippen LogP contribution in [0.15, 0.2) is 12.7 Å². The van der Waals surface area contributed by atoms with Crippen molar-refractivity contribution in [3.63, 3.8) is 0 Å². The van der Waals surface area contributed by atoms with Crippen LogP contribution in [0.1, 0.15) is 19.3 Å². The van der Waals surface area contributed by atoms with Crippen molar-refractivity contribution >= 4 is 21.6 Å². The molecule has 2 N–H and O–H groups in total. The van der Waals surface area contributed by atoms with Gasteiger partial charge in [-0.3, -0.25) is 0 Å². The summed E-state index contributed by atoms with van der Waals surface area (Å²) in [4.78, 5) is 0. The van der Waals surface area contributed by atoms with Crippen molar-refractivity contribution in [1.82, 2.24) is 5.32 Å². The molecular weight excluding hydrogens is 270 g/mol. The summed E-state index contributed by atoms with van der Waals surface area (Å²) in [5.41, 5.74) is 0. The smallest absolute Gasteiger partial charge is 0.154 e. The van der Waals surface area contributed by atoms with Gasteiger partial charge in [-0.1, -0.05) is 27.7 Å². The van der Waals surface area contributed by atoms with Crippen LogP contribution in [0, 0.1) is 0 Å². The summed E-state index contributed by atoms with van der Waals surface area (Å²) in [7, 11) is 5.06. The molecule has 0 aliphatic heterocycles. The Balaban J connectivity index is 2.96. The average molecular weight is 295 g/mol. The van der Waals surface area contributed by atoms with Crippen LogP contribution < -0.4 is 5.32 Å². The fraction of sp³-hybridized carbons (Fsp3) is 0.833.